The molecule has 0 bridgehead atoms. The van der Waals surface area contributed by atoms with Gasteiger partial charge in [-0.1, -0.05) is 17.5 Å². The summed E-state index contributed by atoms with van der Waals surface area (Å²) in [7, 11) is 1.45. The number of carbonyl (C=O) groups is 1. The zero-order valence-electron chi connectivity index (χ0n) is 13.4. The van der Waals surface area contributed by atoms with Crippen LogP contribution in [0.1, 0.15) is 11.4 Å². The fourth-order valence-electron chi connectivity index (χ4n) is 1.83. The van der Waals surface area contributed by atoms with Gasteiger partial charge in [0.15, 0.2) is 11.5 Å². The molecule has 130 valence electrons. The molecule has 2 N–H and O–H groups in total. The van der Waals surface area contributed by atoms with E-state index in [1.165, 1.54) is 13.2 Å². The van der Waals surface area contributed by atoms with Crippen LogP contribution in [0.4, 0.5) is 0 Å². The summed E-state index contributed by atoms with van der Waals surface area (Å²) in [5.74, 6) is 2.46. The van der Waals surface area contributed by atoms with Crippen molar-refractivity contribution in [2.24, 2.45) is 0 Å². The number of nitrogens with one attached hydrogen (secondary N) is 1. The Morgan fingerprint density at radius 3 is 2.88 bits per heavy atom. The molecule has 0 radical (unpaired) electrons. The minimum atomic E-state index is -1.12. The molecule has 7 nitrogen and oxygen atoms in total. The van der Waals surface area contributed by atoms with E-state index in [1.54, 1.807) is 19.1 Å². The van der Waals surface area contributed by atoms with Gasteiger partial charge in [-0.05, 0) is 42.5 Å². The standard InChI is InChI=1S/C16H14ClN3O4S/c1-4-5-24-14-11(17)6-10(7-12(14)23-3)8-13(15(21)22)25-16-18-9(2)19-20-16/h1,6-8H,5H2,2-3H3,(H,21,22)(H,18,19,20)/b13-8+. The van der Waals surface area contributed by atoms with E-state index in [9.17, 15) is 9.90 Å². The van der Waals surface area contributed by atoms with Gasteiger partial charge in [0.25, 0.3) is 0 Å². The number of ether oxygens (including phenoxy) is 2. The minimum absolute atomic E-state index is 0.0226. The number of H-pyrrole nitrogens is 1. The van der Waals surface area contributed by atoms with Crippen molar-refractivity contribution in [3.63, 3.8) is 0 Å². The first-order valence-corrected chi connectivity index (χ1v) is 8.09. The number of aromatic amines is 1. The molecule has 0 aliphatic rings. The van der Waals surface area contributed by atoms with Gasteiger partial charge < -0.3 is 14.6 Å². The fourth-order valence-corrected chi connectivity index (χ4v) is 2.86. The molecule has 2 rings (SSSR count). The SMILES string of the molecule is C#CCOc1c(Cl)cc(/C=C(/Sc2n[nH]c(C)n2)C(=O)O)cc1OC. The van der Waals surface area contributed by atoms with Crippen LogP contribution in [0.15, 0.2) is 22.2 Å². The highest BCUT2D eigenvalue weighted by Gasteiger charge is 2.16. The molecule has 0 saturated heterocycles. The second kappa shape index (κ2) is 8.46. The zero-order chi connectivity index (χ0) is 18.4. The van der Waals surface area contributed by atoms with E-state index in [1.807, 2.05) is 0 Å². The lowest BCUT2D eigenvalue weighted by molar-refractivity contribution is -0.131. The number of carboxylic acid groups (broad SMARTS) is 1. The normalized spacial score (nSPS) is 11.0. The lowest BCUT2D eigenvalue weighted by Crippen LogP contribution is -1.99. The number of rotatable bonds is 7. The number of aryl methyl sites for hydroxylation is 1. The molecule has 25 heavy (non-hydrogen) atoms. The zero-order valence-corrected chi connectivity index (χ0v) is 14.9. The molecule has 0 amide bonds. The van der Waals surface area contributed by atoms with E-state index in [-0.39, 0.29) is 16.5 Å². The van der Waals surface area contributed by atoms with Gasteiger partial charge in [0.2, 0.25) is 5.16 Å². The molecule has 9 heteroatoms. The second-order valence-electron chi connectivity index (χ2n) is 4.65. The molecule has 0 atom stereocenters. The second-order valence-corrected chi connectivity index (χ2v) is 6.06. The molecule has 0 aliphatic heterocycles. The van der Waals surface area contributed by atoms with Crippen LogP contribution in [-0.2, 0) is 4.79 Å². The van der Waals surface area contributed by atoms with Gasteiger partial charge in [-0.25, -0.2) is 9.78 Å². The number of methoxy groups -OCH3 is 1. The number of aromatic nitrogens is 3. The number of thioether (sulfide) groups is 1. The van der Waals surface area contributed by atoms with Crippen molar-refractivity contribution in [3.8, 4) is 23.8 Å². The Hall–Kier alpha value is -2.63. The summed E-state index contributed by atoms with van der Waals surface area (Å²) in [6, 6.07) is 3.16. The van der Waals surface area contributed by atoms with Crippen LogP contribution in [0.3, 0.4) is 0 Å². The van der Waals surface area contributed by atoms with Crippen LogP contribution >= 0.6 is 23.4 Å². The molecule has 0 spiro atoms. The molecule has 1 aromatic heterocycles. The van der Waals surface area contributed by atoms with Gasteiger partial charge in [0, 0.05) is 0 Å². The number of carboxylic acids is 1. The van der Waals surface area contributed by atoms with Crippen molar-refractivity contribution in [2.75, 3.05) is 13.7 Å². The van der Waals surface area contributed by atoms with E-state index in [0.717, 1.165) is 11.8 Å². The van der Waals surface area contributed by atoms with Crippen molar-refractivity contribution < 1.29 is 19.4 Å². The summed E-state index contributed by atoms with van der Waals surface area (Å²) in [5, 5.41) is 16.5. The van der Waals surface area contributed by atoms with Crippen molar-refractivity contribution in [1.29, 1.82) is 0 Å². The van der Waals surface area contributed by atoms with Gasteiger partial charge >= 0.3 is 5.97 Å². The monoisotopic (exact) mass is 379 g/mol. The van der Waals surface area contributed by atoms with Crippen LogP contribution in [-0.4, -0.2) is 40.0 Å². The Bertz CT molecular complexity index is 858. The van der Waals surface area contributed by atoms with Crippen molar-refractivity contribution in [3.05, 3.63) is 33.4 Å². The topological polar surface area (TPSA) is 97.3 Å². The molecule has 1 aromatic carbocycles. The third kappa shape index (κ3) is 4.92. The highest BCUT2D eigenvalue weighted by atomic mass is 35.5. The molecule has 0 saturated carbocycles. The highest BCUT2D eigenvalue weighted by Crippen LogP contribution is 2.37. The number of hydrogen-bond donors (Lipinski definition) is 2. The number of terminal acetylenes is 1. The fraction of sp³-hybridized carbons (Fsp3) is 0.188. The molecule has 0 unspecified atom stereocenters. The highest BCUT2D eigenvalue weighted by molar-refractivity contribution is 8.04. The van der Waals surface area contributed by atoms with Crippen molar-refractivity contribution in [2.45, 2.75) is 12.1 Å². The number of aliphatic carboxylic acids is 1. The Morgan fingerprint density at radius 2 is 2.32 bits per heavy atom. The molecule has 1 heterocycles. The van der Waals surface area contributed by atoms with Gasteiger partial charge in [0.1, 0.15) is 17.3 Å². The maximum Gasteiger partial charge on any atom is 0.342 e. The van der Waals surface area contributed by atoms with Crippen molar-refractivity contribution in [1.82, 2.24) is 15.2 Å². The minimum Gasteiger partial charge on any atom is -0.493 e. The lowest BCUT2D eigenvalue weighted by atomic mass is 10.2. The van der Waals surface area contributed by atoms with Gasteiger partial charge in [-0.2, -0.15) is 0 Å². The smallest absolute Gasteiger partial charge is 0.342 e. The van der Waals surface area contributed by atoms with Gasteiger partial charge in [-0.3, -0.25) is 5.10 Å². The van der Waals surface area contributed by atoms with Gasteiger partial charge in [0.05, 0.1) is 12.1 Å². The summed E-state index contributed by atoms with van der Waals surface area (Å²) in [6.45, 7) is 1.76. The van der Waals surface area contributed by atoms with Crippen LogP contribution in [0, 0.1) is 19.3 Å². The summed E-state index contributed by atoms with van der Waals surface area (Å²) in [5.41, 5.74) is 0.520. The van der Waals surface area contributed by atoms with Crippen LogP contribution in [0.5, 0.6) is 11.5 Å². The third-order valence-electron chi connectivity index (χ3n) is 2.84. The molecule has 2 aromatic rings. The first kappa shape index (κ1) is 18.7. The number of benzene rings is 1. The molecular formula is C16H14ClN3O4S. The van der Waals surface area contributed by atoms with E-state index in [0.29, 0.717) is 28.0 Å². The third-order valence-corrected chi connectivity index (χ3v) is 4.00. The summed E-state index contributed by atoms with van der Waals surface area (Å²) < 4.78 is 10.6. The number of nitrogens with zero attached hydrogens (tertiary/aromatic N) is 2. The number of hydrogen-bond acceptors (Lipinski definition) is 6. The van der Waals surface area contributed by atoms with Crippen LogP contribution in [0.2, 0.25) is 5.02 Å². The first-order valence-electron chi connectivity index (χ1n) is 6.90. The lowest BCUT2D eigenvalue weighted by Gasteiger charge is -2.12. The average Bonchev–Trinajstić information content (AvgIpc) is 2.97. The maximum atomic E-state index is 11.5. The summed E-state index contributed by atoms with van der Waals surface area (Å²) in [6.07, 6.45) is 6.61. The van der Waals surface area contributed by atoms with Crippen LogP contribution < -0.4 is 9.47 Å². The first-order chi connectivity index (χ1) is 11.9. The maximum absolute atomic E-state index is 11.5. The van der Waals surface area contributed by atoms with E-state index >= 15 is 0 Å². The number of halogens is 1. The largest absolute Gasteiger partial charge is 0.493 e. The van der Waals surface area contributed by atoms with Crippen LogP contribution in [0.25, 0.3) is 6.08 Å². The Balaban J connectivity index is 2.37. The predicted molar refractivity (Wildman–Crippen MR) is 94.9 cm³/mol. The summed E-state index contributed by atoms with van der Waals surface area (Å²) in [4.78, 5) is 15.6. The van der Waals surface area contributed by atoms with E-state index < -0.39 is 5.97 Å². The molecular weight excluding hydrogens is 366 g/mol. The Labute approximate surface area is 153 Å². The summed E-state index contributed by atoms with van der Waals surface area (Å²) >= 11 is 7.11. The Morgan fingerprint density at radius 1 is 1.56 bits per heavy atom. The Kier molecular flexibility index (Phi) is 6.33. The quantitative estimate of drug-likeness (QED) is 0.433. The molecule has 0 fully saturated rings. The van der Waals surface area contributed by atoms with Gasteiger partial charge in [-0.15, -0.1) is 11.5 Å². The molecule has 0 aliphatic carbocycles. The predicted octanol–water partition coefficient (Wildman–Crippen LogP) is 3.00. The average molecular weight is 380 g/mol. The van der Waals surface area contributed by atoms with E-state index in [2.05, 4.69) is 21.1 Å². The van der Waals surface area contributed by atoms with E-state index in [4.69, 9.17) is 27.5 Å². The van der Waals surface area contributed by atoms with Crippen molar-refractivity contribution >= 4 is 35.4 Å².